The average Bonchev–Trinajstić information content (AvgIpc) is 3.11. The Hall–Kier alpha value is -3.75. The van der Waals surface area contributed by atoms with Gasteiger partial charge >= 0.3 is 5.56 Å². The number of nitrogens with one attached hydrogen (secondary N) is 1. The molecule has 9 heteroatoms. The second-order valence-electron chi connectivity index (χ2n) is 6.83. The van der Waals surface area contributed by atoms with Gasteiger partial charge < -0.3 is 19.1 Å². The van der Waals surface area contributed by atoms with Crippen LogP contribution in [0.1, 0.15) is 16.8 Å². The third kappa shape index (κ3) is 3.49. The summed E-state index contributed by atoms with van der Waals surface area (Å²) in [6.45, 7) is 3.68. The van der Waals surface area contributed by atoms with E-state index in [9.17, 15) is 13.6 Å². The predicted molar refractivity (Wildman–Crippen MR) is 107 cm³/mol. The minimum Gasteiger partial charge on any atom is -0.497 e. The lowest BCUT2D eigenvalue weighted by molar-refractivity contribution is 0.414. The van der Waals surface area contributed by atoms with Crippen LogP contribution in [0.4, 0.5) is 20.4 Å². The monoisotopic (exact) mass is 412 g/mol. The van der Waals surface area contributed by atoms with Gasteiger partial charge in [-0.2, -0.15) is 4.98 Å². The van der Waals surface area contributed by atoms with Crippen LogP contribution in [0, 0.1) is 25.5 Å². The molecule has 0 atom stereocenters. The molecule has 0 unspecified atom stereocenters. The van der Waals surface area contributed by atoms with Crippen LogP contribution in [0.2, 0.25) is 0 Å². The second-order valence-corrected chi connectivity index (χ2v) is 6.83. The van der Waals surface area contributed by atoms with Crippen LogP contribution in [0.25, 0.3) is 11.1 Å². The Kier molecular flexibility index (Phi) is 4.94. The van der Waals surface area contributed by atoms with E-state index in [0.29, 0.717) is 28.2 Å². The molecule has 0 amide bonds. The number of benzene rings is 2. The van der Waals surface area contributed by atoms with E-state index in [1.165, 1.54) is 6.07 Å². The molecule has 30 heavy (non-hydrogen) atoms. The number of halogens is 2. The Bertz CT molecular complexity index is 1310. The third-order valence-electron chi connectivity index (χ3n) is 4.76. The normalized spacial score (nSPS) is 11.1. The minimum absolute atomic E-state index is 0.00733. The molecule has 0 saturated carbocycles. The van der Waals surface area contributed by atoms with Crippen LogP contribution in [0.5, 0.6) is 5.75 Å². The Morgan fingerprint density at radius 3 is 2.63 bits per heavy atom. The first-order chi connectivity index (χ1) is 14.4. The standard InChI is InChI=1S/C21H18F2N4O3/c1-11-8-14(29-3)5-7-17(11)24-21-25-20(28)19-18(12(2)26-30-19)27(21)10-13-4-6-15(22)16(23)9-13/h4-9H,10H2,1-3H3,(H,24,25,28). The number of aryl methyl sites for hydroxylation is 2. The van der Waals surface area contributed by atoms with Crippen molar-refractivity contribution in [2.24, 2.45) is 0 Å². The fourth-order valence-electron chi connectivity index (χ4n) is 3.23. The van der Waals surface area contributed by atoms with Crippen LogP contribution in [-0.2, 0) is 6.54 Å². The zero-order valence-electron chi connectivity index (χ0n) is 16.5. The highest BCUT2D eigenvalue weighted by atomic mass is 19.2. The Morgan fingerprint density at radius 2 is 1.93 bits per heavy atom. The first-order valence-corrected chi connectivity index (χ1v) is 9.10. The molecular formula is C21H18F2N4O3. The lowest BCUT2D eigenvalue weighted by Gasteiger charge is -2.17. The molecule has 0 fully saturated rings. The number of methoxy groups -OCH3 is 1. The summed E-state index contributed by atoms with van der Waals surface area (Å²) in [5, 5.41) is 7.01. The molecular weight excluding hydrogens is 394 g/mol. The maximum atomic E-state index is 13.7. The van der Waals surface area contributed by atoms with Gasteiger partial charge in [0, 0.05) is 5.69 Å². The Balaban J connectivity index is 1.86. The van der Waals surface area contributed by atoms with E-state index in [1.54, 1.807) is 30.7 Å². The van der Waals surface area contributed by atoms with Gasteiger partial charge in [0.25, 0.3) is 5.58 Å². The summed E-state index contributed by atoms with van der Waals surface area (Å²) in [5.41, 5.74) is 2.36. The minimum atomic E-state index is -0.958. The SMILES string of the molecule is COc1ccc(Nc2nc(=O)c3onc(C)c3n2Cc2ccc(F)c(F)c2)c(C)c1. The molecule has 7 nitrogen and oxygen atoms in total. The van der Waals surface area contributed by atoms with Crippen LogP contribution in [0.3, 0.4) is 0 Å². The molecule has 2 heterocycles. The smallest absolute Gasteiger partial charge is 0.321 e. The molecule has 0 aliphatic carbocycles. The molecule has 4 aromatic rings. The van der Waals surface area contributed by atoms with Crippen molar-refractivity contribution in [2.75, 3.05) is 12.4 Å². The van der Waals surface area contributed by atoms with Gasteiger partial charge in [0.2, 0.25) is 5.95 Å². The maximum Gasteiger partial charge on any atom is 0.321 e. The van der Waals surface area contributed by atoms with Gasteiger partial charge in [-0.15, -0.1) is 0 Å². The molecule has 0 saturated heterocycles. The topological polar surface area (TPSA) is 82.2 Å². The summed E-state index contributed by atoms with van der Waals surface area (Å²) in [4.78, 5) is 16.6. The maximum absolute atomic E-state index is 13.7. The van der Waals surface area contributed by atoms with Gasteiger partial charge in [0.1, 0.15) is 17.0 Å². The summed E-state index contributed by atoms with van der Waals surface area (Å²) in [6, 6.07) is 9.03. The molecule has 2 aromatic carbocycles. The van der Waals surface area contributed by atoms with E-state index in [0.717, 1.165) is 17.7 Å². The zero-order chi connectivity index (χ0) is 21.4. The van der Waals surface area contributed by atoms with Gasteiger partial charge in [-0.1, -0.05) is 11.2 Å². The molecule has 0 radical (unpaired) electrons. The molecule has 2 aromatic heterocycles. The van der Waals surface area contributed by atoms with E-state index in [4.69, 9.17) is 9.26 Å². The molecule has 0 aliphatic heterocycles. The fraction of sp³-hybridized carbons (Fsp3) is 0.190. The number of ether oxygens (including phenoxy) is 1. The average molecular weight is 412 g/mol. The zero-order valence-corrected chi connectivity index (χ0v) is 16.5. The van der Waals surface area contributed by atoms with Crippen molar-refractivity contribution in [1.82, 2.24) is 14.7 Å². The molecule has 0 aliphatic rings. The largest absolute Gasteiger partial charge is 0.497 e. The number of fused-ring (bicyclic) bond motifs is 1. The highest BCUT2D eigenvalue weighted by Gasteiger charge is 2.19. The second kappa shape index (κ2) is 7.58. The summed E-state index contributed by atoms with van der Waals surface area (Å²) in [5.74, 6) is -0.983. The van der Waals surface area contributed by atoms with Crippen LogP contribution < -0.4 is 15.6 Å². The number of nitrogens with zero attached hydrogens (tertiary/aromatic N) is 3. The third-order valence-corrected chi connectivity index (χ3v) is 4.76. The quantitative estimate of drug-likeness (QED) is 0.532. The van der Waals surface area contributed by atoms with Crippen molar-refractivity contribution in [3.63, 3.8) is 0 Å². The van der Waals surface area contributed by atoms with Crippen molar-refractivity contribution in [1.29, 1.82) is 0 Å². The number of aromatic nitrogens is 3. The Morgan fingerprint density at radius 1 is 1.13 bits per heavy atom. The van der Waals surface area contributed by atoms with Gasteiger partial charge in [-0.3, -0.25) is 4.79 Å². The van der Waals surface area contributed by atoms with E-state index in [1.807, 2.05) is 13.0 Å². The lowest BCUT2D eigenvalue weighted by atomic mass is 10.2. The van der Waals surface area contributed by atoms with E-state index in [-0.39, 0.29) is 18.1 Å². The van der Waals surface area contributed by atoms with Gasteiger partial charge in [-0.25, -0.2) is 8.78 Å². The van der Waals surface area contributed by atoms with Crippen LogP contribution >= 0.6 is 0 Å². The van der Waals surface area contributed by atoms with E-state index >= 15 is 0 Å². The lowest BCUT2D eigenvalue weighted by Crippen LogP contribution is -2.18. The van der Waals surface area contributed by atoms with Gasteiger partial charge in [0.05, 0.1) is 13.7 Å². The van der Waals surface area contributed by atoms with Crippen LogP contribution in [0.15, 0.2) is 45.7 Å². The van der Waals surface area contributed by atoms with Crippen molar-refractivity contribution in [2.45, 2.75) is 20.4 Å². The molecule has 0 spiro atoms. The van der Waals surface area contributed by atoms with Gasteiger partial charge in [-0.05, 0) is 55.3 Å². The van der Waals surface area contributed by atoms with E-state index < -0.39 is 17.2 Å². The molecule has 154 valence electrons. The number of rotatable bonds is 5. The van der Waals surface area contributed by atoms with Crippen molar-refractivity contribution in [3.8, 4) is 5.75 Å². The summed E-state index contributed by atoms with van der Waals surface area (Å²) in [6.07, 6.45) is 0. The number of hydrogen-bond acceptors (Lipinski definition) is 6. The highest BCUT2D eigenvalue weighted by Crippen LogP contribution is 2.26. The number of hydrogen-bond donors (Lipinski definition) is 1. The van der Waals surface area contributed by atoms with Crippen LogP contribution in [-0.4, -0.2) is 21.8 Å². The fourth-order valence-corrected chi connectivity index (χ4v) is 3.23. The first-order valence-electron chi connectivity index (χ1n) is 9.10. The highest BCUT2D eigenvalue weighted by molar-refractivity contribution is 5.77. The Labute approximate surface area is 169 Å². The van der Waals surface area contributed by atoms with Crippen molar-refractivity contribution >= 4 is 22.7 Å². The summed E-state index contributed by atoms with van der Waals surface area (Å²) < 4.78 is 39.1. The number of anilines is 2. The first kappa shape index (κ1) is 19.6. The molecule has 4 rings (SSSR count). The van der Waals surface area contributed by atoms with Crippen molar-refractivity contribution < 1.29 is 18.0 Å². The molecule has 1 N–H and O–H groups in total. The molecule has 0 bridgehead atoms. The van der Waals surface area contributed by atoms with Crippen molar-refractivity contribution in [3.05, 3.63) is 75.2 Å². The van der Waals surface area contributed by atoms with Gasteiger partial charge in [0.15, 0.2) is 11.6 Å². The summed E-state index contributed by atoms with van der Waals surface area (Å²) >= 11 is 0. The summed E-state index contributed by atoms with van der Waals surface area (Å²) in [7, 11) is 1.57. The predicted octanol–water partition coefficient (Wildman–Crippen LogP) is 4.08. The van der Waals surface area contributed by atoms with E-state index in [2.05, 4.69) is 15.5 Å².